The van der Waals surface area contributed by atoms with Crippen LogP contribution in [0.25, 0.3) is 0 Å². The van der Waals surface area contributed by atoms with Gasteiger partial charge >= 0.3 is 0 Å². The van der Waals surface area contributed by atoms with Crippen molar-refractivity contribution in [1.82, 2.24) is 5.32 Å². The molecule has 0 bridgehead atoms. The first-order chi connectivity index (χ1) is 5.77. The fraction of sp³-hybridized carbons (Fsp3) is 0.333. The molecule has 0 spiro atoms. The molecular formula is C9H10Cl3N. The molecule has 1 aromatic rings. The van der Waals surface area contributed by atoms with Crippen molar-refractivity contribution in [3.63, 3.8) is 0 Å². The maximum Gasteiger partial charge on any atom is 0.0454 e. The molecule has 13 heavy (non-hydrogen) atoms. The molecule has 1 aliphatic rings. The standard InChI is InChI=1S/C9H9Cl2N.ClH/c10-6-1-2-8(11)7(5-6)9-3-4-12-9;/h1-2,5,9,12H,3-4H2;1H/t9-;/m0./s1. The molecule has 1 heterocycles. The average Bonchev–Trinajstić information content (AvgIpc) is 1.93. The average molecular weight is 239 g/mol. The van der Waals surface area contributed by atoms with Crippen LogP contribution >= 0.6 is 35.6 Å². The minimum absolute atomic E-state index is 0. The zero-order chi connectivity index (χ0) is 8.55. The largest absolute Gasteiger partial charge is 0.310 e. The van der Waals surface area contributed by atoms with Crippen LogP contribution in [0.15, 0.2) is 18.2 Å². The fourth-order valence-corrected chi connectivity index (χ4v) is 1.77. The molecular weight excluding hydrogens is 228 g/mol. The van der Waals surface area contributed by atoms with Crippen LogP contribution in [0.4, 0.5) is 0 Å². The molecule has 1 nitrogen and oxygen atoms in total. The van der Waals surface area contributed by atoms with Crippen molar-refractivity contribution in [2.45, 2.75) is 12.5 Å². The van der Waals surface area contributed by atoms with Crippen LogP contribution in [0.3, 0.4) is 0 Å². The lowest BCUT2D eigenvalue weighted by Gasteiger charge is -2.28. The Morgan fingerprint density at radius 3 is 2.54 bits per heavy atom. The third-order valence-corrected chi connectivity index (χ3v) is 2.74. The van der Waals surface area contributed by atoms with Crippen molar-refractivity contribution in [3.05, 3.63) is 33.8 Å². The first-order valence-corrected chi connectivity index (χ1v) is 4.71. The van der Waals surface area contributed by atoms with Gasteiger partial charge in [-0.25, -0.2) is 0 Å². The molecule has 0 amide bonds. The van der Waals surface area contributed by atoms with E-state index >= 15 is 0 Å². The molecule has 1 aliphatic heterocycles. The number of rotatable bonds is 1. The number of hydrogen-bond acceptors (Lipinski definition) is 1. The fourth-order valence-electron chi connectivity index (χ4n) is 1.34. The van der Waals surface area contributed by atoms with Crippen molar-refractivity contribution in [1.29, 1.82) is 0 Å². The quantitative estimate of drug-likeness (QED) is 0.790. The number of nitrogens with one attached hydrogen (secondary N) is 1. The minimum Gasteiger partial charge on any atom is -0.310 e. The van der Waals surface area contributed by atoms with Gasteiger partial charge in [0.15, 0.2) is 0 Å². The van der Waals surface area contributed by atoms with Gasteiger partial charge in [0, 0.05) is 16.1 Å². The first kappa shape index (κ1) is 11.1. The Balaban J connectivity index is 0.000000845. The maximum atomic E-state index is 6.01. The highest BCUT2D eigenvalue weighted by Gasteiger charge is 2.20. The van der Waals surface area contributed by atoms with E-state index in [4.69, 9.17) is 23.2 Å². The zero-order valence-electron chi connectivity index (χ0n) is 6.89. The van der Waals surface area contributed by atoms with Crippen molar-refractivity contribution in [2.24, 2.45) is 0 Å². The lowest BCUT2D eigenvalue weighted by atomic mass is 9.98. The van der Waals surface area contributed by atoms with Gasteiger partial charge in [-0.15, -0.1) is 12.4 Å². The molecule has 2 rings (SSSR count). The molecule has 0 unspecified atom stereocenters. The van der Waals surface area contributed by atoms with Crippen LogP contribution < -0.4 is 5.32 Å². The molecule has 1 N–H and O–H groups in total. The summed E-state index contributed by atoms with van der Waals surface area (Å²) in [5, 5.41) is 4.84. The van der Waals surface area contributed by atoms with Crippen LogP contribution in [0.2, 0.25) is 10.0 Å². The molecule has 72 valence electrons. The maximum absolute atomic E-state index is 6.01. The summed E-state index contributed by atoms with van der Waals surface area (Å²) in [5.41, 5.74) is 1.12. The van der Waals surface area contributed by atoms with Crippen LogP contribution in [-0.2, 0) is 0 Å². The van der Waals surface area contributed by atoms with E-state index < -0.39 is 0 Å². The molecule has 1 saturated heterocycles. The second-order valence-electron chi connectivity index (χ2n) is 2.96. The van der Waals surface area contributed by atoms with E-state index in [1.165, 1.54) is 0 Å². The van der Waals surface area contributed by atoms with Crippen molar-refractivity contribution < 1.29 is 0 Å². The zero-order valence-corrected chi connectivity index (χ0v) is 9.22. The summed E-state index contributed by atoms with van der Waals surface area (Å²) in [4.78, 5) is 0. The second kappa shape index (κ2) is 4.52. The summed E-state index contributed by atoms with van der Waals surface area (Å²) >= 11 is 11.9. The van der Waals surface area contributed by atoms with Gasteiger partial charge in [0.25, 0.3) is 0 Å². The Kier molecular flexibility index (Phi) is 3.87. The molecule has 1 aromatic carbocycles. The summed E-state index contributed by atoms with van der Waals surface area (Å²) in [6.45, 7) is 1.08. The van der Waals surface area contributed by atoms with Gasteiger partial charge < -0.3 is 5.32 Å². The van der Waals surface area contributed by atoms with E-state index in [0.717, 1.165) is 28.6 Å². The summed E-state index contributed by atoms with van der Waals surface area (Å²) in [6.07, 6.45) is 1.15. The van der Waals surface area contributed by atoms with Gasteiger partial charge in [-0.1, -0.05) is 23.2 Å². The van der Waals surface area contributed by atoms with Gasteiger partial charge in [0.2, 0.25) is 0 Å². The van der Waals surface area contributed by atoms with Crippen LogP contribution in [0.1, 0.15) is 18.0 Å². The molecule has 0 aromatic heterocycles. The highest BCUT2D eigenvalue weighted by molar-refractivity contribution is 6.33. The minimum atomic E-state index is 0. The van der Waals surface area contributed by atoms with Gasteiger partial charge in [0.05, 0.1) is 0 Å². The summed E-state index contributed by atoms with van der Waals surface area (Å²) in [6, 6.07) is 6.00. The first-order valence-electron chi connectivity index (χ1n) is 3.96. The number of halogens is 3. The smallest absolute Gasteiger partial charge is 0.0454 e. The summed E-state index contributed by atoms with van der Waals surface area (Å²) in [7, 11) is 0. The van der Waals surface area contributed by atoms with E-state index in [1.807, 2.05) is 18.2 Å². The third-order valence-electron chi connectivity index (χ3n) is 2.16. The topological polar surface area (TPSA) is 12.0 Å². The Labute approximate surface area is 93.8 Å². The lowest BCUT2D eigenvalue weighted by Crippen LogP contribution is -2.35. The van der Waals surface area contributed by atoms with Crippen molar-refractivity contribution in [3.8, 4) is 0 Å². The van der Waals surface area contributed by atoms with E-state index in [0.29, 0.717) is 6.04 Å². The van der Waals surface area contributed by atoms with Gasteiger partial charge in [-0.3, -0.25) is 0 Å². The van der Waals surface area contributed by atoms with E-state index in [1.54, 1.807) is 0 Å². The Morgan fingerprint density at radius 1 is 1.31 bits per heavy atom. The molecule has 0 aliphatic carbocycles. The van der Waals surface area contributed by atoms with Gasteiger partial charge in [-0.05, 0) is 36.7 Å². The number of benzene rings is 1. The monoisotopic (exact) mass is 237 g/mol. The van der Waals surface area contributed by atoms with Gasteiger partial charge in [-0.2, -0.15) is 0 Å². The normalized spacial score (nSPS) is 20.3. The summed E-state index contributed by atoms with van der Waals surface area (Å²) < 4.78 is 0. The molecule has 0 saturated carbocycles. The summed E-state index contributed by atoms with van der Waals surface area (Å²) in [5.74, 6) is 0. The Bertz CT molecular complexity index is 297. The molecule has 0 radical (unpaired) electrons. The van der Waals surface area contributed by atoms with E-state index in [-0.39, 0.29) is 12.4 Å². The SMILES string of the molecule is Cl.Clc1ccc(Cl)c([C@@H]2CCN2)c1. The molecule has 4 heteroatoms. The Morgan fingerprint density at radius 2 is 2.00 bits per heavy atom. The second-order valence-corrected chi connectivity index (χ2v) is 3.80. The predicted molar refractivity (Wildman–Crippen MR) is 59.1 cm³/mol. The number of hydrogen-bond donors (Lipinski definition) is 1. The highest BCUT2D eigenvalue weighted by Crippen LogP contribution is 2.31. The Hall–Kier alpha value is 0.0500. The van der Waals surface area contributed by atoms with Crippen LogP contribution in [0.5, 0.6) is 0 Å². The van der Waals surface area contributed by atoms with Gasteiger partial charge in [0.1, 0.15) is 0 Å². The van der Waals surface area contributed by atoms with Crippen LogP contribution in [-0.4, -0.2) is 6.54 Å². The predicted octanol–water partition coefficient (Wildman–Crippen LogP) is 3.45. The van der Waals surface area contributed by atoms with Crippen LogP contribution in [0, 0.1) is 0 Å². The lowest BCUT2D eigenvalue weighted by molar-refractivity contribution is 0.383. The van der Waals surface area contributed by atoms with Crippen molar-refractivity contribution >= 4 is 35.6 Å². The van der Waals surface area contributed by atoms with E-state index in [9.17, 15) is 0 Å². The van der Waals surface area contributed by atoms with E-state index in [2.05, 4.69) is 5.32 Å². The van der Waals surface area contributed by atoms with Crippen molar-refractivity contribution in [2.75, 3.05) is 6.54 Å². The molecule has 1 atom stereocenters. The molecule has 1 fully saturated rings. The highest BCUT2D eigenvalue weighted by atomic mass is 35.5. The third kappa shape index (κ3) is 2.29.